The van der Waals surface area contributed by atoms with Crippen LogP contribution in [0.15, 0.2) is 0 Å². The summed E-state index contributed by atoms with van der Waals surface area (Å²) in [7, 11) is 1.58. The van der Waals surface area contributed by atoms with E-state index in [-0.39, 0.29) is 18.5 Å². The smallest absolute Gasteiger partial charge is 0.234 e. The van der Waals surface area contributed by atoms with Crippen molar-refractivity contribution < 1.29 is 14.6 Å². The van der Waals surface area contributed by atoms with Gasteiger partial charge in [0.25, 0.3) is 0 Å². The maximum absolute atomic E-state index is 11.2. The second kappa shape index (κ2) is 6.76. The van der Waals surface area contributed by atoms with Crippen molar-refractivity contribution in [3.8, 4) is 0 Å². The van der Waals surface area contributed by atoms with Gasteiger partial charge in [-0.3, -0.25) is 4.79 Å². The van der Waals surface area contributed by atoms with Crippen LogP contribution in [-0.2, 0) is 9.53 Å². The molecule has 0 rings (SSSR count). The highest BCUT2D eigenvalue weighted by atomic mass is 16.5. The zero-order valence-electron chi connectivity index (χ0n) is 9.96. The molecule has 1 amide bonds. The lowest BCUT2D eigenvalue weighted by Gasteiger charge is -2.26. The molecule has 0 radical (unpaired) electrons. The number of hydrogen-bond donors (Lipinski definition) is 3. The highest BCUT2D eigenvalue weighted by Gasteiger charge is 2.21. The third kappa shape index (κ3) is 7.30. The summed E-state index contributed by atoms with van der Waals surface area (Å²) < 4.78 is 4.80. The van der Waals surface area contributed by atoms with Crippen LogP contribution in [0.4, 0.5) is 0 Å². The summed E-state index contributed by atoms with van der Waals surface area (Å²) in [5.41, 5.74) is -0.827. The first-order chi connectivity index (χ1) is 6.88. The van der Waals surface area contributed by atoms with E-state index in [1.807, 2.05) is 6.92 Å². The Morgan fingerprint density at radius 2 is 2.13 bits per heavy atom. The van der Waals surface area contributed by atoms with Crippen LogP contribution in [0.25, 0.3) is 0 Å². The molecule has 0 spiro atoms. The zero-order chi connectivity index (χ0) is 11.9. The van der Waals surface area contributed by atoms with Crippen LogP contribution in [0.3, 0.4) is 0 Å². The fourth-order valence-corrected chi connectivity index (χ4v) is 0.851. The predicted octanol–water partition coefficient (Wildman–Crippen LogP) is -0.502. The van der Waals surface area contributed by atoms with Crippen molar-refractivity contribution in [3.05, 3.63) is 0 Å². The summed E-state index contributed by atoms with van der Waals surface area (Å²) in [6.45, 7) is 6.46. The number of carbonyl (C=O) groups excluding carboxylic acids is 1. The normalized spacial score (nSPS) is 13.7. The van der Waals surface area contributed by atoms with Crippen molar-refractivity contribution >= 4 is 5.91 Å². The van der Waals surface area contributed by atoms with Gasteiger partial charge in [-0.2, -0.15) is 0 Å². The van der Waals surface area contributed by atoms with E-state index in [1.54, 1.807) is 21.0 Å². The Labute approximate surface area is 91.2 Å². The second-order valence-electron chi connectivity index (χ2n) is 4.10. The minimum absolute atomic E-state index is 0.0943. The van der Waals surface area contributed by atoms with Crippen LogP contribution in [0.2, 0.25) is 0 Å². The Kier molecular flexibility index (Phi) is 6.47. The van der Waals surface area contributed by atoms with Crippen LogP contribution in [0, 0.1) is 0 Å². The van der Waals surface area contributed by atoms with Crippen molar-refractivity contribution in [2.45, 2.75) is 32.4 Å². The molecule has 1 unspecified atom stereocenters. The number of aliphatic hydroxyl groups is 1. The van der Waals surface area contributed by atoms with Gasteiger partial charge in [-0.1, -0.05) is 0 Å². The van der Waals surface area contributed by atoms with Crippen LogP contribution in [-0.4, -0.2) is 49.5 Å². The van der Waals surface area contributed by atoms with Crippen molar-refractivity contribution in [2.75, 3.05) is 26.8 Å². The number of methoxy groups -OCH3 is 1. The van der Waals surface area contributed by atoms with Gasteiger partial charge in [0, 0.05) is 19.7 Å². The number of ether oxygens (including phenoxy) is 1. The van der Waals surface area contributed by atoms with Gasteiger partial charge in [-0.25, -0.2) is 0 Å². The van der Waals surface area contributed by atoms with Gasteiger partial charge >= 0.3 is 0 Å². The molecule has 0 aromatic carbocycles. The summed E-state index contributed by atoms with van der Waals surface area (Å²) in [4.78, 5) is 11.2. The summed E-state index contributed by atoms with van der Waals surface area (Å²) in [5, 5.41) is 15.2. The topological polar surface area (TPSA) is 70.6 Å². The van der Waals surface area contributed by atoms with Crippen LogP contribution in [0.5, 0.6) is 0 Å². The highest BCUT2D eigenvalue weighted by Crippen LogP contribution is 2.06. The second-order valence-corrected chi connectivity index (χ2v) is 4.10. The summed E-state index contributed by atoms with van der Waals surface area (Å²) in [6.07, 6.45) is 0. The lowest BCUT2D eigenvalue weighted by atomic mass is 10.0. The Morgan fingerprint density at radius 3 is 2.60 bits per heavy atom. The molecule has 90 valence electrons. The van der Waals surface area contributed by atoms with E-state index >= 15 is 0 Å². The number of nitrogens with one attached hydrogen (secondary N) is 2. The molecule has 0 aliphatic carbocycles. The zero-order valence-corrected chi connectivity index (χ0v) is 9.96. The maximum Gasteiger partial charge on any atom is 0.234 e. The minimum Gasteiger partial charge on any atom is -0.389 e. The minimum atomic E-state index is -0.827. The Balaban J connectivity index is 3.62. The molecule has 5 heteroatoms. The van der Waals surface area contributed by atoms with Gasteiger partial charge in [0.05, 0.1) is 18.8 Å². The number of amides is 1. The van der Waals surface area contributed by atoms with Crippen LogP contribution in [0.1, 0.15) is 20.8 Å². The highest BCUT2D eigenvalue weighted by molar-refractivity contribution is 5.77. The molecule has 0 aromatic rings. The third-order valence-corrected chi connectivity index (χ3v) is 2.26. The molecule has 15 heavy (non-hydrogen) atoms. The Hall–Kier alpha value is -0.650. The quantitative estimate of drug-likeness (QED) is 0.504. The van der Waals surface area contributed by atoms with Crippen LogP contribution >= 0.6 is 0 Å². The Bertz CT molecular complexity index is 190. The SMILES string of the molecule is COCCNC(=O)CNC(C)C(C)(C)O. The van der Waals surface area contributed by atoms with E-state index in [1.165, 1.54) is 0 Å². The Morgan fingerprint density at radius 1 is 1.53 bits per heavy atom. The summed E-state index contributed by atoms with van der Waals surface area (Å²) in [5.74, 6) is -0.0943. The van der Waals surface area contributed by atoms with Gasteiger partial charge in [0.1, 0.15) is 0 Å². The molecule has 5 nitrogen and oxygen atoms in total. The van der Waals surface area contributed by atoms with Gasteiger partial charge in [-0.05, 0) is 20.8 Å². The molecular formula is C10H22N2O3. The molecule has 0 aliphatic rings. The van der Waals surface area contributed by atoms with Crippen molar-refractivity contribution in [1.82, 2.24) is 10.6 Å². The predicted molar refractivity (Wildman–Crippen MR) is 58.6 cm³/mol. The molecule has 1 atom stereocenters. The molecule has 0 bridgehead atoms. The number of hydrogen-bond acceptors (Lipinski definition) is 4. The van der Waals surface area contributed by atoms with Crippen LogP contribution < -0.4 is 10.6 Å². The average Bonchev–Trinajstić information content (AvgIpc) is 2.13. The van der Waals surface area contributed by atoms with E-state index in [0.29, 0.717) is 13.2 Å². The van der Waals surface area contributed by atoms with Crippen molar-refractivity contribution in [3.63, 3.8) is 0 Å². The average molecular weight is 218 g/mol. The first-order valence-corrected chi connectivity index (χ1v) is 5.09. The number of rotatable bonds is 7. The largest absolute Gasteiger partial charge is 0.389 e. The summed E-state index contributed by atoms with van der Waals surface area (Å²) in [6, 6.07) is -0.134. The van der Waals surface area contributed by atoms with E-state index in [9.17, 15) is 9.90 Å². The molecule has 3 N–H and O–H groups in total. The maximum atomic E-state index is 11.2. The fourth-order valence-electron chi connectivity index (χ4n) is 0.851. The van der Waals surface area contributed by atoms with Gasteiger partial charge in [0.2, 0.25) is 5.91 Å². The van der Waals surface area contributed by atoms with E-state index in [2.05, 4.69) is 10.6 Å². The molecule has 0 aliphatic heterocycles. The molecular weight excluding hydrogens is 196 g/mol. The van der Waals surface area contributed by atoms with Crippen molar-refractivity contribution in [2.24, 2.45) is 0 Å². The first-order valence-electron chi connectivity index (χ1n) is 5.09. The first kappa shape index (κ1) is 14.3. The summed E-state index contributed by atoms with van der Waals surface area (Å²) >= 11 is 0. The molecule has 0 fully saturated rings. The molecule has 0 saturated carbocycles. The molecule has 0 aromatic heterocycles. The molecule has 0 heterocycles. The van der Waals surface area contributed by atoms with E-state index < -0.39 is 5.60 Å². The van der Waals surface area contributed by atoms with Crippen molar-refractivity contribution in [1.29, 1.82) is 0 Å². The lowest BCUT2D eigenvalue weighted by Crippen LogP contribution is -2.48. The van der Waals surface area contributed by atoms with E-state index in [0.717, 1.165) is 0 Å². The fraction of sp³-hybridized carbons (Fsp3) is 0.900. The third-order valence-electron chi connectivity index (χ3n) is 2.26. The standard InChI is InChI=1S/C10H22N2O3/c1-8(10(2,3)14)12-7-9(13)11-5-6-15-4/h8,12,14H,5-7H2,1-4H3,(H,11,13). The van der Waals surface area contributed by atoms with Gasteiger partial charge < -0.3 is 20.5 Å². The lowest BCUT2D eigenvalue weighted by molar-refractivity contribution is -0.120. The monoisotopic (exact) mass is 218 g/mol. The molecule has 0 saturated heterocycles. The van der Waals surface area contributed by atoms with E-state index in [4.69, 9.17) is 4.74 Å². The van der Waals surface area contributed by atoms with Gasteiger partial charge in [-0.15, -0.1) is 0 Å². The number of carbonyl (C=O) groups is 1. The van der Waals surface area contributed by atoms with Gasteiger partial charge in [0.15, 0.2) is 0 Å².